The van der Waals surface area contributed by atoms with Crippen molar-refractivity contribution in [1.29, 1.82) is 0 Å². The normalized spacial score (nSPS) is 21.9. The maximum Gasteiger partial charge on any atom is 0.326 e. The van der Waals surface area contributed by atoms with Gasteiger partial charge in [-0.2, -0.15) is 0 Å². The number of ether oxygens (including phenoxy) is 1. The third kappa shape index (κ3) is 5.42. The second kappa shape index (κ2) is 8.29. The fourth-order valence-electron chi connectivity index (χ4n) is 3.05. The first-order chi connectivity index (χ1) is 11.8. The molecule has 2 rings (SSSR count). The zero-order valence-corrected chi connectivity index (χ0v) is 15.2. The number of morpholine rings is 1. The monoisotopic (exact) mass is 349 g/mol. The molecule has 0 radical (unpaired) electrons. The molecule has 0 saturated carbocycles. The Hall–Kier alpha value is -2.15. The number of carboxylic acid groups (broad SMARTS) is 1. The second-order valence-electron chi connectivity index (χ2n) is 7.06. The lowest BCUT2D eigenvalue weighted by molar-refractivity contribution is -0.139. The van der Waals surface area contributed by atoms with Crippen molar-refractivity contribution in [2.75, 3.05) is 18.0 Å². The van der Waals surface area contributed by atoms with E-state index in [4.69, 9.17) is 4.74 Å². The summed E-state index contributed by atoms with van der Waals surface area (Å²) in [5.74, 6) is -1.34. The van der Waals surface area contributed by atoms with E-state index in [-0.39, 0.29) is 23.8 Å². The van der Waals surface area contributed by atoms with E-state index >= 15 is 0 Å². The van der Waals surface area contributed by atoms with Crippen molar-refractivity contribution in [3.8, 4) is 0 Å². The highest BCUT2D eigenvalue weighted by Crippen LogP contribution is 2.20. The quantitative estimate of drug-likeness (QED) is 0.815. The van der Waals surface area contributed by atoms with Crippen LogP contribution in [0.5, 0.6) is 0 Å². The van der Waals surface area contributed by atoms with Gasteiger partial charge in [0.25, 0.3) is 5.91 Å². The van der Waals surface area contributed by atoms with Crippen LogP contribution in [-0.2, 0) is 9.53 Å². The molecule has 138 valence electrons. The molecule has 3 unspecified atom stereocenters. The number of aliphatic carboxylic acids is 1. The molecule has 1 amide bonds. The first-order valence-electron chi connectivity index (χ1n) is 8.66. The molecule has 3 atom stereocenters. The van der Waals surface area contributed by atoms with E-state index in [1.807, 2.05) is 33.8 Å². The molecule has 0 bridgehead atoms. The van der Waals surface area contributed by atoms with Crippen LogP contribution in [-0.4, -0.2) is 53.3 Å². The molecule has 1 aliphatic rings. The molecule has 1 fully saturated rings. The van der Waals surface area contributed by atoms with E-state index < -0.39 is 17.9 Å². The first kappa shape index (κ1) is 19.2. The highest BCUT2D eigenvalue weighted by atomic mass is 16.5. The van der Waals surface area contributed by atoms with Gasteiger partial charge in [0.15, 0.2) is 0 Å². The minimum absolute atomic E-state index is 0.108. The van der Waals surface area contributed by atoms with Crippen LogP contribution in [0.3, 0.4) is 0 Å². The average Bonchev–Trinajstić information content (AvgIpc) is 2.53. The van der Waals surface area contributed by atoms with Gasteiger partial charge in [0, 0.05) is 25.0 Å². The van der Waals surface area contributed by atoms with Crippen LogP contribution in [0.1, 0.15) is 44.6 Å². The van der Waals surface area contributed by atoms with Crippen molar-refractivity contribution >= 4 is 17.6 Å². The third-order valence-corrected chi connectivity index (χ3v) is 4.07. The van der Waals surface area contributed by atoms with Crippen molar-refractivity contribution in [1.82, 2.24) is 10.3 Å². The van der Waals surface area contributed by atoms with Crippen molar-refractivity contribution in [2.24, 2.45) is 5.92 Å². The van der Waals surface area contributed by atoms with E-state index in [2.05, 4.69) is 15.2 Å². The topological polar surface area (TPSA) is 91.8 Å². The van der Waals surface area contributed by atoms with Crippen molar-refractivity contribution in [3.05, 3.63) is 24.0 Å². The fourth-order valence-corrected chi connectivity index (χ4v) is 3.05. The van der Waals surface area contributed by atoms with Gasteiger partial charge in [-0.15, -0.1) is 0 Å². The van der Waals surface area contributed by atoms with E-state index in [0.717, 1.165) is 18.8 Å². The lowest BCUT2D eigenvalue weighted by atomic mass is 10.0. The van der Waals surface area contributed by atoms with Crippen molar-refractivity contribution < 1.29 is 19.4 Å². The minimum atomic E-state index is -1.03. The lowest BCUT2D eigenvalue weighted by Crippen LogP contribution is -2.45. The molecule has 1 aliphatic heterocycles. The van der Waals surface area contributed by atoms with Crippen LogP contribution in [0, 0.1) is 5.92 Å². The van der Waals surface area contributed by atoms with E-state index in [9.17, 15) is 14.7 Å². The second-order valence-corrected chi connectivity index (χ2v) is 7.06. The minimum Gasteiger partial charge on any atom is -0.480 e. The van der Waals surface area contributed by atoms with Crippen LogP contribution in [0.2, 0.25) is 0 Å². The number of nitrogens with zero attached hydrogens (tertiary/aromatic N) is 2. The van der Waals surface area contributed by atoms with Gasteiger partial charge in [-0.3, -0.25) is 9.78 Å². The summed E-state index contributed by atoms with van der Waals surface area (Å²) in [6.07, 6.45) is 2.17. The Kier molecular flexibility index (Phi) is 6.36. The molecule has 1 aromatic heterocycles. The SMILES string of the molecule is CC(C)CC(NC(=O)c1cc(N2CC(C)OC(C)C2)ccn1)C(=O)O. The van der Waals surface area contributed by atoms with Crippen molar-refractivity contribution in [2.45, 2.75) is 52.4 Å². The number of aromatic nitrogens is 1. The highest BCUT2D eigenvalue weighted by molar-refractivity contribution is 5.95. The lowest BCUT2D eigenvalue weighted by Gasteiger charge is -2.36. The third-order valence-electron chi connectivity index (χ3n) is 4.07. The van der Waals surface area contributed by atoms with Gasteiger partial charge in [0.2, 0.25) is 0 Å². The number of pyridine rings is 1. The van der Waals surface area contributed by atoms with E-state index in [0.29, 0.717) is 6.42 Å². The summed E-state index contributed by atoms with van der Waals surface area (Å²) in [7, 11) is 0. The molecule has 0 aliphatic carbocycles. The Morgan fingerprint density at radius 1 is 1.36 bits per heavy atom. The largest absolute Gasteiger partial charge is 0.480 e. The molecular weight excluding hydrogens is 322 g/mol. The number of nitrogens with one attached hydrogen (secondary N) is 1. The van der Waals surface area contributed by atoms with Gasteiger partial charge in [-0.1, -0.05) is 13.8 Å². The highest BCUT2D eigenvalue weighted by Gasteiger charge is 2.25. The van der Waals surface area contributed by atoms with Gasteiger partial charge >= 0.3 is 5.97 Å². The number of amides is 1. The number of carboxylic acids is 1. The van der Waals surface area contributed by atoms with Gasteiger partial charge in [0.1, 0.15) is 11.7 Å². The summed E-state index contributed by atoms with van der Waals surface area (Å²) in [6, 6.07) is 2.64. The maximum atomic E-state index is 12.4. The summed E-state index contributed by atoms with van der Waals surface area (Å²) < 4.78 is 5.73. The predicted molar refractivity (Wildman–Crippen MR) is 94.8 cm³/mol. The maximum absolute atomic E-state index is 12.4. The van der Waals surface area contributed by atoms with E-state index in [1.54, 1.807) is 12.3 Å². The molecular formula is C18H27N3O4. The van der Waals surface area contributed by atoms with E-state index in [1.165, 1.54) is 0 Å². The molecule has 1 aromatic rings. The summed E-state index contributed by atoms with van der Waals surface area (Å²) in [6.45, 7) is 9.34. The number of anilines is 1. The Balaban J connectivity index is 2.11. The molecule has 2 N–H and O–H groups in total. The Bertz CT molecular complexity index is 610. The average molecular weight is 349 g/mol. The van der Waals surface area contributed by atoms with Crippen LogP contribution in [0.15, 0.2) is 18.3 Å². The molecule has 7 nitrogen and oxygen atoms in total. The molecule has 25 heavy (non-hydrogen) atoms. The predicted octanol–water partition coefficient (Wildman–Crippen LogP) is 1.92. The number of hydrogen-bond donors (Lipinski definition) is 2. The van der Waals surface area contributed by atoms with Gasteiger partial charge < -0.3 is 20.1 Å². The Morgan fingerprint density at radius 2 is 2.00 bits per heavy atom. The van der Waals surface area contributed by atoms with Gasteiger partial charge in [-0.05, 0) is 38.3 Å². The molecule has 2 heterocycles. The molecule has 1 saturated heterocycles. The number of carbonyl (C=O) groups excluding carboxylic acids is 1. The van der Waals surface area contributed by atoms with Gasteiger partial charge in [0.05, 0.1) is 12.2 Å². The molecule has 7 heteroatoms. The molecule has 0 spiro atoms. The van der Waals surface area contributed by atoms with Crippen molar-refractivity contribution in [3.63, 3.8) is 0 Å². The van der Waals surface area contributed by atoms with Gasteiger partial charge in [-0.25, -0.2) is 4.79 Å². The summed E-state index contributed by atoms with van der Waals surface area (Å²) in [4.78, 5) is 30.0. The standard InChI is InChI=1S/C18H27N3O4/c1-11(2)7-16(18(23)24)20-17(22)15-8-14(5-6-19-15)21-9-12(3)25-13(4)10-21/h5-6,8,11-13,16H,7,9-10H2,1-4H3,(H,20,22)(H,23,24). The van der Waals surface area contributed by atoms with Crippen LogP contribution in [0.25, 0.3) is 0 Å². The summed E-state index contributed by atoms with van der Waals surface area (Å²) >= 11 is 0. The molecule has 0 aromatic carbocycles. The van der Waals surface area contributed by atoms with Crippen LogP contribution < -0.4 is 10.2 Å². The summed E-state index contributed by atoms with van der Waals surface area (Å²) in [5, 5.41) is 11.8. The zero-order valence-electron chi connectivity index (χ0n) is 15.2. The van der Waals surface area contributed by atoms with Crippen LogP contribution >= 0.6 is 0 Å². The number of carbonyl (C=O) groups is 2. The van der Waals surface area contributed by atoms with Crippen LogP contribution in [0.4, 0.5) is 5.69 Å². The first-order valence-corrected chi connectivity index (χ1v) is 8.66. The number of rotatable bonds is 6. The fraction of sp³-hybridized carbons (Fsp3) is 0.611. The Morgan fingerprint density at radius 3 is 2.56 bits per heavy atom. The zero-order chi connectivity index (χ0) is 18.6. The number of hydrogen-bond acceptors (Lipinski definition) is 5. The summed E-state index contributed by atoms with van der Waals surface area (Å²) in [5.41, 5.74) is 1.11. The smallest absolute Gasteiger partial charge is 0.326 e. The Labute approximate surface area is 148 Å².